The molecule has 0 saturated carbocycles. The highest BCUT2D eigenvalue weighted by molar-refractivity contribution is 6.62. The molecule has 3 rings (SSSR count). The van der Waals surface area contributed by atoms with E-state index in [1.807, 2.05) is 66.7 Å². The Morgan fingerprint density at radius 3 is 2.26 bits per heavy atom. The number of carbonyl (C=O) groups is 1. The van der Waals surface area contributed by atoms with Gasteiger partial charge in [0.2, 0.25) is 0 Å². The first-order chi connectivity index (χ1) is 12.3. The van der Waals surface area contributed by atoms with Crippen molar-refractivity contribution in [2.45, 2.75) is 71.2 Å². The zero-order valence-corrected chi connectivity index (χ0v) is 17.5. The first-order valence-electron chi connectivity index (χ1n) is 9.52. The van der Waals surface area contributed by atoms with Crippen LogP contribution in [0, 0.1) is 0 Å². The van der Waals surface area contributed by atoms with Crippen LogP contribution >= 0.6 is 0 Å². The lowest BCUT2D eigenvalue weighted by Gasteiger charge is -2.40. The quantitative estimate of drug-likeness (QED) is 0.637. The molecule has 0 radical (unpaired) electrons. The van der Waals surface area contributed by atoms with Crippen LogP contribution in [0.1, 0.15) is 59.9 Å². The molecular weight excluding hydrogens is 343 g/mol. The van der Waals surface area contributed by atoms with Crippen LogP contribution in [-0.4, -0.2) is 48.0 Å². The van der Waals surface area contributed by atoms with Gasteiger partial charge in [-0.2, -0.15) is 0 Å². The van der Waals surface area contributed by atoms with E-state index in [0.717, 1.165) is 11.0 Å². The first kappa shape index (κ1) is 20.0. The molecule has 2 aliphatic rings. The van der Waals surface area contributed by atoms with Gasteiger partial charge in [-0.3, -0.25) is 0 Å². The standard InChI is InChI=1S/C20H31BN2O4/c1-18(2,3)25-17(24)23-11-13(12-23)15-9-8-14(22)10-16(15)21-26-19(4,5)20(6,7)27-21/h8-10,13H,11-12,22H2,1-7H3. The Morgan fingerprint density at radius 2 is 1.74 bits per heavy atom. The summed E-state index contributed by atoms with van der Waals surface area (Å²) in [6.07, 6.45) is -0.272. The Labute approximate surface area is 162 Å². The van der Waals surface area contributed by atoms with Crippen molar-refractivity contribution in [1.82, 2.24) is 4.90 Å². The van der Waals surface area contributed by atoms with Gasteiger partial charge in [-0.1, -0.05) is 6.07 Å². The molecule has 1 amide bonds. The minimum atomic E-state index is -0.489. The van der Waals surface area contributed by atoms with Crippen molar-refractivity contribution >= 4 is 24.4 Å². The van der Waals surface area contributed by atoms with Crippen molar-refractivity contribution in [1.29, 1.82) is 0 Å². The molecular formula is C20H31BN2O4. The summed E-state index contributed by atoms with van der Waals surface area (Å²) in [5.41, 5.74) is 7.45. The van der Waals surface area contributed by atoms with Gasteiger partial charge in [0.25, 0.3) is 0 Å². The SMILES string of the molecule is CC(C)(C)OC(=O)N1CC(c2ccc(N)cc2B2OC(C)(C)C(C)(C)O2)C1. The minimum Gasteiger partial charge on any atom is -0.444 e. The summed E-state index contributed by atoms with van der Waals surface area (Å²) < 4.78 is 17.9. The van der Waals surface area contributed by atoms with Crippen molar-refractivity contribution in [3.05, 3.63) is 23.8 Å². The molecule has 0 bridgehead atoms. The lowest BCUT2D eigenvalue weighted by Crippen LogP contribution is -2.52. The number of hydrogen-bond acceptors (Lipinski definition) is 5. The van der Waals surface area contributed by atoms with E-state index in [4.69, 9.17) is 19.8 Å². The van der Waals surface area contributed by atoms with Gasteiger partial charge in [-0.05, 0) is 71.6 Å². The number of rotatable bonds is 2. The third kappa shape index (κ3) is 3.94. The second-order valence-corrected chi connectivity index (χ2v) is 9.56. The van der Waals surface area contributed by atoms with Crippen LogP contribution in [0.15, 0.2) is 18.2 Å². The van der Waals surface area contributed by atoms with Crippen molar-refractivity contribution in [3.8, 4) is 0 Å². The van der Waals surface area contributed by atoms with Gasteiger partial charge in [0.1, 0.15) is 5.60 Å². The summed E-state index contributed by atoms with van der Waals surface area (Å²) in [5.74, 6) is 0.215. The monoisotopic (exact) mass is 374 g/mol. The fourth-order valence-corrected chi connectivity index (χ4v) is 3.29. The maximum Gasteiger partial charge on any atom is 0.495 e. The Bertz CT molecular complexity index is 720. The number of amides is 1. The van der Waals surface area contributed by atoms with Crippen molar-refractivity contribution in [3.63, 3.8) is 0 Å². The molecule has 1 aromatic carbocycles. The van der Waals surface area contributed by atoms with Gasteiger partial charge in [0, 0.05) is 24.7 Å². The van der Waals surface area contributed by atoms with Gasteiger partial charge in [-0.15, -0.1) is 0 Å². The molecule has 7 heteroatoms. The van der Waals surface area contributed by atoms with E-state index in [9.17, 15) is 4.79 Å². The van der Waals surface area contributed by atoms with Crippen LogP contribution in [-0.2, 0) is 14.0 Å². The summed E-state index contributed by atoms with van der Waals surface area (Å²) in [7, 11) is -0.468. The molecule has 0 atom stereocenters. The molecule has 0 aromatic heterocycles. The number of carbonyl (C=O) groups excluding carboxylic acids is 1. The predicted octanol–water partition coefficient (Wildman–Crippen LogP) is 2.90. The molecule has 0 aliphatic carbocycles. The normalized spacial score (nSPS) is 21.9. The lowest BCUT2D eigenvalue weighted by atomic mass is 9.71. The van der Waals surface area contributed by atoms with Crippen molar-refractivity contribution < 1.29 is 18.8 Å². The number of nitrogens with two attached hydrogens (primary N) is 1. The zero-order valence-electron chi connectivity index (χ0n) is 17.5. The molecule has 0 unspecified atom stereocenters. The third-order valence-corrected chi connectivity index (χ3v) is 5.59. The Morgan fingerprint density at radius 1 is 1.19 bits per heavy atom. The summed E-state index contributed by atoms with van der Waals surface area (Å²) in [6, 6.07) is 5.83. The van der Waals surface area contributed by atoms with E-state index < -0.39 is 23.9 Å². The van der Waals surface area contributed by atoms with Crippen molar-refractivity contribution in [2.75, 3.05) is 18.8 Å². The number of anilines is 1. The maximum atomic E-state index is 12.2. The second kappa shape index (κ2) is 6.42. The van der Waals surface area contributed by atoms with Crippen LogP contribution in [0.25, 0.3) is 0 Å². The van der Waals surface area contributed by atoms with Crippen LogP contribution in [0.2, 0.25) is 0 Å². The number of nitrogens with zero attached hydrogens (tertiary/aromatic N) is 1. The number of hydrogen-bond donors (Lipinski definition) is 1. The van der Waals surface area contributed by atoms with Crippen LogP contribution in [0.5, 0.6) is 0 Å². The Hall–Kier alpha value is -1.73. The highest BCUT2D eigenvalue weighted by atomic mass is 16.7. The number of nitrogen functional groups attached to an aromatic ring is 1. The highest BCUT2D eigenvalue weighted by Gasteiger charge is 2.52. The summed E-state index contributed by atoms with van der Waals surface area (Å²) in [6.45, 7) is 15.0. The molecule has 2 aliphatic heterocycles. The summed E-state index contributed by atoms with van der Waals surface area (Å²) >= 11 is 0. The second-order valence-electron chi connectivity index (χ2n) is 9.56. The molecule has 2 fully saturated rings. The number of ether oxygens (including phenoxy) is 1. The van der Waals surface area contributed by atoms with Crippen molar-refractivity contribution in [2.24, 2.45) is 0 Å². The Balaban J connectivity index is 1.77. The largest absolute Gasteiger partial charge is 0.495 e. The molecule has 148 valence electrons. The van der Waals surface area contributed by atoms with Gasteiger partial charge < -0.3 is 24.7 Å². The average Bonchev–Trinajstić information content (AvgIpc) is 2.65. The molecule has 2 N–H and O–H groups in total. The van der Waals surface area contributed by atoms with Gasteiger partial charge >= 0.3 is 13.2 Å². The highest BCUT2D eigenvalue weighted by Crippen LogP contribution is 2.38. The van der Waals surface area contributed by atoms with E-state index in [-0.39, 0.29) is 12.0 Å². The molecule has 2 saturated heterocycles. The van der Waals surface area contributed by atoms with E-state index in [1.165, 1.54) is 0 Å². The Kier molecular flexibility index (Phi) is 4.76. The third-order valence-electron chi connectivity index (χ3n) is 5.59. The van der Waals surface area contributed by atoms with Gasteiger partial charge in [0.05, 0.1) is 11.2 Å². The molecule has 0 spiro atoms. The fourth-order valence-electron chi connectivity index (χ4n) is 3.29. The minimum absolute atomic E-state index is 0.215. The summed E-state index contributed by atoms with van der Waals surface area (Å²) in [5, 5.41) is 0. The van der Waals surface area contributed by atoms with Crippen LogP contribution in [0.4, 0.5) is 10.5 Å². The van der Waals surface area contributed by atoms with E-state index in [2.05, 4.69) is 0 Å². The molecule has 6 nitrogen and oxygen atoms in total. The number of likely N-dealkylation sites (tertiary alicyclic amines) is 1. The number of benzene rings is 1. The van der Waals surface area contributed by atoms with E-state index >= 15 is 0 Å². The topological polar surface area (TPSA) is 74.0 Å². The average molecular weight is 374 g/mol. The maximum absolute atomic E-state index is 12.2. The summed E-state index contributed by atoms with van der Waals surface area (Å²) in [4.78, 5) is 13.9. The fraction of sp³-hybridized carbons (Fsp3) is 0.650. The van der Waals surface area contributed by atoms with Crippen LogP contribution < -0.4 is 11.2 Å². The lowest BCUT2D eigenvalue weighted by molar-refractivity contribution is 0.00578. The molecule has 2 heterocycles. The van der Waals surface area contributed by atoms with E-state index in [1.54, 1.807) is 4.90 Å². The molecule has 1 aromatic rings. The van der Waals surface area contributed by atoms with Crippen LogP contribution in [0.3, 0.4) is 0 Å². The van der Waals surface area contributed by atoms with Gasteiger partial charge in [-0.25, -0.2) is 4.79 Å². The molecule has 27 heavy (non-hydrogen) atoms. The zero-order chi connectivity index (χ0) is 20.2. The van der Waals surface area contributed by atoms with Gasteiger partial charge in [0.15, 0.2) is 0 Å². The predicted molar refractivity (Wildman–Crippen MR) is 107 cm³/mol. The van der Waals surface area contributed by atoms with E-state index in [0.29, 0.717) is 18.8 Å². The smallest absolute Gasteiger partial charge is 0.444 e. The first-order valence-corrected chi connectivity index (χ1v) is 9.52.